The number of amides is 2. The van der Waals surface area contributed by atoms with Crippen molar-refractivity contribution < 1.29 is 19.1 Å². The van der Waals surface area contributed by atoms with Crippen LogP contribution in [0.15, 0.2) is 22.8 Å². The van der Waals surface area contributed by atoms with Crippen molar-refractivity contribution in [3.8, 4) is 0 Å². The minimum atomic E-state index is -0.798. The van der Waals surface area contributed by atoms with E-state index in [1.807, 2.05) is 0 Å². The van der Waals surface area contributed by atoms with Crippen molar-refractivity contribution in [2.75, 3.05) is 0 Å². The Balaban J connectivity index is 1.56. The highest BCUT2D eigenvalue weighted by Crippen LogP contribution is 2.48. The van der Waals surface area contributed by atoms with Gasteiger partial charge in [-0.25, -0.2) is 4.79 Å². The third-order valence-electron chi connectivity index (χ3n) is 4.50. The summed E-state index contributed by atoms with van der Waals surface area (Å²) in [7, 11) is 0. The SMILES string of the molecule is O=C(NCc1ccco1)NC1C2CCC(C2)C1C(=O)O. The molecular weight excluding hydrogens is 260 g/mol. The summed E-state index contributed by atoms with van der Waals surface area (Å²) in [4.78, 5) is 23.2. The monoisotopic (exact) mass is 278 g/mol. The highest BCUT2D eigenvalue weighted by atomic mass is 16.4. The van der Waals surface area contributed by atoms with E-state index in [0.717, 1.165) is 19.3 Å². The van der Waals surface area contributed by atoms with E-state index >= 15 is 0 Å². The number of carboxylic acids is 1. The number of fused-ring (bicyclic) bond motifs is 2. The molecule has 1 aromatic rings. The number of hydrogen-bond acceptors (Lipinski definition) is 3. The van der Waals surface area contributed by atoms with E-state index in [4.69, 9.17) is 4.42 Å². The van der Waals surface area contributed by atoms with Crippen molar-refractivity contribution in [2.24, 2.45) is 17.8 Å². The highest BCUT2D eigenvalue weighted by Gasteiger charge is 2.51. The molecule has 1 aromatic heterocycles. The van der Waals surface area contributed by atoms with Gasteiger partial charge in [-0.2, -0.15) is 0 Å². The molecule has 2 aliphatic carbocycles. The number of urea groups is 1. The Hall–Kier alpha value is -1.98. The third-order valence-corrected chi connectivity index (χ3v) is 4.50. The van der Waals surface area contributed by atoms with Gasteiger partial charge < -0.3 is 20.2 Å². The Morgan fingerprint density at radius 1 is 1.35 bits per heavy atom. The minimum Gasteiger partial charge on any atom is -0.481 e. The Morgan fingerprint density at radius 3 is 2.85 bits per heavy atom. The van der Waals surface area contributed by atoms with E-state index in [-0.39, 0.29) is 18.0 Å². The van der Waals surface area contributed by atoms with E-state index in [9.17, 15) is 14.7 Å². The second kappa shape index (κ2) is 5.19. The summed E-state index contributed by atoms with van der Waals surface area (Å²) in [5.74, 6) is -0.0529. The summed E-state index contributed by atoms with van der Waals surface area (Å²) in [5.41, 5.74) is 0. The molecule has 6 heteroatoms. The van der Waals surface area contributed by atoms with Crippen LogP contribution in [0.5, 0.6) is 0 Å². The highest BCUT2D eigenvalue weighted by molar-refractivity contribution is 5.77. The molecule has 0 aromatic carbocycles. The molecule has 0 aliphatic heterocycles. The quantitative estimate of drug-likeness (QED) is 0.779. The van der Waals surface area contributed by atoms with Gasteiger partial charge >= 0.3 is 12.0 Å². The van der Waals surface area contributed by atoms with Crippen LogP contribution in [-0.2, 0) is 11.3 Å². The first kappa shape index (κ1) is 13.0. The van der Waals surface area contributed by atoms with Gasteiger partial charge in [-0.3, -0.25) is 4.79 Å². The van der Waals surface area contributed by atoms with Gasteiger partial charge in [-0.15, -0.1) is 0 Å². The minimum absolute atomic E-state index is 0.216. The zero-order valence-corrected chi connectivity index (χ0v) is 11.0. The van der Waals surface area contributed by atoms with Gasteiger partial charge in [0, 0.05) is 6.04 Å². The van der Waals surface area contributed by atoms with Crippen molar-refractivity contribution in [2.45, 2.75) is 31.8 Å². The molecule has 2 aliphatic rings. The Kier molecular flexibility index (Phi) is 3.38. The average Bonchev–Trinajstić information content (AvgIpc) is 3.12. The molecule has 3 N–H and O–H groups in total. The smallest absolute Gasteiger partial charge is 0.315 e. The maximum Gasteiger partial charge on any atom is 0.315 e. The number of carboxylic acid groups (broad SMARTS) is 1. The van der Waals surface area contributed by atoms with Gasteiger partial charge in [-0.1, -0.05) is 0 Å². The fourth-order valence-corrected chi connectivity index (χ4v) is 3.64. The van der Waals surface area contributed by atoms with Crippen molar-refractivity contribution in [3.63, 3.8) is 0 Å². The molecule has 2 saturated carbocycles. The van der Waals surface area contributed by atoms with Crippen LogP contribution in [0.25, 0.3) is 0 Å². The second-order valence-corrected chi connectivity index (χ2v) is 5.63. The van der Waals surface area contributed by atoms with E-state index in [2.05, 4.69) is 10.6 Å². The number of carbonyl (C=O) groups excluding carboxylic acids is 1. The number of furan rings is 1. The molecule has 20 heavy (non-hydrogen) atoms. The largest absolute Gasteiger partial charge is 0.481 e. The number of nitrogens with one attached hydrogen (secondary N) is 2. The summed E-state index contributed by atoms with van der Waals surface area (Å²) in [6.07, 6.45) is 4.44. The summed E-state index contributed by atoms with van der Waals surface area (Å²) in [5, 5.41) is 14.8. The summed E-state index contributed by atoms with van der Waals surface area (Å²) >= 11 is 0. The number of carbonyl (C=O) groups is 2. The number of hydrogen-bond donors (Lipinski definition) is 3. The van der Waals surface area contributed by atoms with Crippen LogP contribution in [0.4, 0.5) is 4.79 Å². The molecular formula is C14H18N2O4. The number of rotatable bonds is 4. The average molecular weight is 278 g/mol. The molecule has 0 spiro atoms. The Morgan fingerprint density at radius 2 is 2.15 bits per heavy atom. The lowest BCUT2D eigenvalue weighted by molar-refractivity contribution is -0.144. The molecule has 1 heterocycles. The molecule has 4 atom stereocenters. The van der Waals surface area contributed by atoms with Crippen molar-refractivity contribution in [3.05, 3.63) is 24.2 Å². The van der Waals surface area contributed by atoms with Crippen LogP contribution in [0, 0.1) is 17.8 Å². The molecule has 3 rings (SSSR count). The van der Waals surface area contributed by atoms with Gasteiger partial charge in [0.05, 0.1) is 18.7 Å². The van der Waals surface area contributed by atoms with E-state index in [0.29, 0.717) is 18.2 Å². The first-order valence-corrected chi connectivity index (χ1v) is 6.94. The van der Waals surface area contributed by atoms with E-state index in [1.165, 1.54) is 0 Å². The van der Waals surface area contributed by atoms with Gasteiger partial charge in [0.2, 0.25) is 0 Å². The van der Waals surface area contributed by atoms with Gasteiger partial charge in [0.15, 0.2) is 0 Å². The third kappa shape index (κ3) is 2.37. The van der Waals surface area contributed by atoms with Gasteiger partial charge in [0.25, 0.3) is 0 Å². The lowest BCUT2D eigenvalue weighted by Crippen LogP contribution is -2.50. The predicted octanol–water partition coefficient (Wildman–Crippen LogP) is 1.58. The van der Waals surface area contributed by atoms with Crippen molar-refractivity contribution in [1.82, 2.24) is 10.6 Å². The summed E-state index contributed by atoms with van der Waals surface area (Å²) < 4.78 is 5.13. The fraction of sp³-hybridized carbons (Fsp3) is 0.571. The summed E-state index contributed by atoms with van der Waals surface area (Å²) in [6.45, 7) is 0.303. The fourth-order valence-electron chi connectivity index (χ4n) is 3.64. The molecule has 6 nitrogen and oxygen atoms in total. The van der Waals surface area contributed by atoms with Crippen LogP contribution in [-0.4, -0.2) is 23.1 Å². The van der Waals surface area contributed by atoms with E-state index < -0.39 is 11.9 Å². The predicted molar refractivity (Wildman–Crippen MR) is 69.8 cm³/mol. The Labute approximate surface area is 116 Å². The zero-order chi connectivity index (χ0) is 14.1. The molecule has 0 radical (unpaired) electrons. The van der Waals surface area contributed by atoms with Gasteiger partial charge in [-0.05, 0) is 43.2 Å². The lowest BCUT2D eigenvalue weighted by Gasteiger charge is -2.28. The molecule has 2 fully saturated rings. The molecule has 2 amide bonds. The van der Waals surface area contributed by atoms with Crippen molar-refractivity contribution in [1.29, 1.82) is 0 Å². The van der Waals surface area contributed by atoms with Crippen LogP contribution in [0.2, 0.25) is 0 Å². The maximum absolute atomic E-state index is 11.9. The lowest BCUT2D eigenvalue weighted by atomic mass is 9.84. The zero-order valence-electron chi connectivity index (χ0n) is 11.0. The molecule has 2 bridgehead atoms. The topological polar surface area (TPSA) is 91.6 Å². The molecule has 4 unspecified atom stereocenters. The molecule has 108 valence electrons. The normalized spacial score (nSPS) is 31.2. The standard InChI is InChI=1S/C14H18N2O4/c17-13(18)11-8-3-4-9(6-8)12(11)16-14(19)15-7-10-2-1-5-20-10/h1-2,5,8-9,11-12H,3-4,6-7H2,(H,17,18)(H2,15,16,19). The van der Waals surface area contributed by atoms with Crippen LogP contribution in [0.1, 0.15) is 25.0 Å². The van der Waals surface area contributed by atoms with Crippen LogP contribution >= 0.6 is 0 Å². The first-order chi connectivity index (χ1) is 9.65. The summed E-state index contributed by atoms with van der Waals surface area (Å²) in [6, 6.07) is 2.96. The Bertz CT molecular complexity index is 499. The van der Waals surface area contributed by atoms with Crippen LogP contribution in [0.3, 0.4) is 0 Å². The van der Waals surface area contributed by atoms with Crippen LogP contribution < -0.4 is 10.6 Å². The van der Waals surface area contributed by atoms with Crippen molar-refractivity contribution >= 4 is 12.0 Å². The first-order valence-electron chi connectivity index (χ1n) is 6.94. The van der Waals surface area contributed by atoms with E-state index in [1.54, 1.807) is 18.4 Å². The number of aliphatic carboxylic acids is 1. The second-order valence-electron chi connectivity index (χ2n) is 5.63. The van der Waals surface area contributed by atoms with Gasteiger partial charge in [0.1, 0.15) is 5.76 Å². The molecule has 0 saturated heterocycles. The maximum atomic E-state index is 11.9.